The molecule has 2 bridgehead atoms. The molecule has 1 unspecified atom stereocenters. The number of nitrogens with one attached hydrogen (secondary N) is 1. The normalized spacial score (nSPS) is 23.6. The van der Waals surface area contributed by atoms with Gasteiger partial charge in [-0.3, -0.25) is 0 Å². The zero-order chi connectivity index (χ0) is 44.0. The Balaban J connectivity index is 1.50. The quantitative estimate of drug-likeness (QED) is 0.123. The average molecular weight is 846 g/mol. The molecule has 2 aliphatic heterocycles. The Morgan fingerprint density at radius 1 is 0.836 bits per heavy atom. The number of carbonyl (C=O) groups is 2. The molecule has 2 heterocycles. The highest BCUT2D eigenvalue weighted by Gasteiger charge is 2.51. The first kappa shape index (κ1) is 47.2. The fourth-order valence-corrected chi connectivity index (χ4v) is 12.7. The molecule has 1 saturated heterocycles. The summed E-state index contributed by atoms with van der Waals surface area (Å²) in [6, 6.07) is 30.0. The van der Waals surface area contributed by atoms with Crippen molar-refractivity contribution in [2.75, 3.05) is 6.61 Å². The van der Waals surface area contributed by atoms with E-state index >= 15 is 0 Å². The molecule has 8 nitrogen and oxygen atoms in total. The average Bonchev–Trinajstić information content (AvgIpc) is 3.19. The van der Waals surface area contributed by atoms with Crippen molar-refractivity contribution in [2.24, 2.45) is 0 Å². The zero-order valence-corrected chi connectivity index (χ0v) is 38.4. The van der Waals surface area contributed by atoms with Gasteiger partial charge in [0.05, 0.1) is 37.6 Å². The minimum atomic E-state index is -3.07. The predicted octanol–water partition coefficient (Wildman–Crippen LogP) is 10.2. The molecular formula is C52H67NO7Si. The zero-order valence-electron chi connectivity index (χ0n) is 37.4. The fraction of sp³-hybridized carbons (Fsp3) is 0.423. The van der Waals surface area contributed by atoms with Crippen molar-refractivity contribution in [1.82, 2.24) is 5.32 Å². The Morgan fingerprint density at radius 3 is 2.07 bits per heavy atom. The number of rotatable bonds is 10. The Morgan fingerprint density at radius 2 is 1.46 bits per heavy atom. The lowest BCUT2D eigenvalue weighted by atomic mass is 9.94. The predicted molar refractivity (Wildman–Crippen MR) is 248 cm³/mol. The first-order valence-electron chi connectivity index (χ1n) is 21.6. The lowest BCUT2D eigenvalue weighted by Crippen LogP contribution is -2.68. The van der Waals surface area contributed by atoms with Gasteiger partial charge in [0.2, 0.25) is 0 Å². The van der Waals surface area contributed by atoms with E-state index in [9.17, 15) is 9.59 Å². The van der Waals surface area contributed by atoms with Gasteiger partial charge in [-0.15, -0.1) is 0 Å². The smallest absolute Gasteiger partial charge is 0.408 e. The number of allylic oxidation sites excluding steroid dienone is 1. The number of esters is 1. The Hall–Kier alpha value is -4.80. The van der Waals surface area contributed by atoms with E-state index in [0.717, 1.165) is 39.1 Å². The van der Waals surface area contributed by atoms with Gasteiger partial charge in [0.25, 0.3) is 8.32 Å². The molecule has 9 heteroatoms. The number of ether oxygens (including phenoxy) is 4. The summed E-state index contributed by atoms with van der Waals surface area (Å²) in [4.78, 5) is 27.5. The van der Waals surface area contributed by atoms with Crippen molar-refractivity contribution in [1.29, 1.82) is 0 Å². The van der Waals surface area contributed by atoms with Gasteiger partial charge in [-0.25, -0.2) is 9.59 Å². The highest BCUT2D eigenvalue weighted by molar-refractivity contribution is 6.99. The summed E-state index contributed by atoms with van der Waals surface area (Å²) in [5.41, 5.74) is 3.30. The number of fused-ring (bicyclic) bond motifs is 2. The lowest BCUT2D eigenvalue weighted by molar-refractivity contribution is -0.145. The highest BCUT2D eigenvalue weighted by atomic mass is 28.4. The Bertz CT molecular complexity index is 1960. The molecular weight excluding hydrogens is 779 g/mol. The van der Waals surface area contributed by atoms with E-state index in [2.05, 4.69) is 81.7 Å². The van der Waals surface area contributed by atoms with Gasteiger partial charge in [-0.05, 0) is 80.8 Å². The summed E-state index contributed by atoms with van der Waals surface area (Å²) < 4.78 is 32.6. The van der Waals surface area contributed by atoms with E-state index in [1.54, 1.807) is 6.08 Å². The molecule has 1 fully saturated rings. The van der Waals surface area contributed by atoms with Crippen molar-refractivity contribution >= 4 is 30.8 Å². The summed E-state index contributed by atoms with van der Waals surface area (Å²) in [5.74, 6) is -0.535. The SMILES string of the molecule is C=C1C/C=C/C(=O)O[C@H]([C@H](CO[Si](c2ccccc2)(c2ccccc2)C(C)(C)C)NC(=O)OC(C)(C)C)C/C(C)=C/[C@@H]2CC(=C)C[C@H](C/C=C/C(OCc3ccccc3)C1)O2. The van der Waals surface area contributed by atoms with Crippen molar-refractivity contribution in [3.8, 4) is 0 Å². The van der Waals surface area contributed by atoms with Crippen LogP contribution in [0.5, 0.6) is 0 Å². The van der Waals surface area contributed by atoms with Crippen molar-refractivity contribution in [3.05, 3.63) is 157 Å². The number of hydrogen-bond acceptors (Lipinski definition) is 7. The van der Waals surface area contributed by atoms with Gasteiger partial charge in [-0.2, -0.15) is 0 Å². The van der Waals surface area contributed by atoms with Gasteiger partial charge < -0.3 is 28.7 Å². The molecule has 2 aliphatic rings. The van der Waals surface area contributed by atoms with Gasteiger partial charge in [-0.1, -0.05) is 166 Å². The summed E-state index contributed by atoms with van der Waals surface area (Å²) in [7, 11) is -3.07. The molecule has 0 radical (unpaired) electrons. The van der Waals surface area contributed by atoms with Crippen molar-refractivity contribution in [2.45, 2.75) is 135 Å². The van der Waals surface area contributed by atoms with Crippen LogP contribution in [-0.2, 0) is 34.8 Å². The fourth-order valence-electron chi connectivity index (χ4n) is 8.14. The van der Waals surface area contributed by atoms with Crippen LogP contribution in [0.3, 0.4) is 0 Å². The van der Waals surface area contributed by atoms with Crippen LogP contribution in [-0.4, -0.2) is 63.0 Å². The first-order valence-corrected chi connectivity index (χ1v) is 23.5. The molecule has 61 heavy (non-hydrogen) atoms. The second kappa shape index (κ2) is 21.8. The molecule has 0 spiro atoms. The topological polar surface area (TPSA) is 92.3 Å². The third kappa shape index (κ3) is 14.4. The number of cyclic esters (lactones) is 1. The molecule has 3 aromatic rings. The summed E-state index contributed by atoms with van der Waals surface area (Å²) in [6.45, 7) is 23.3. The number of amides is 1. The summed E-state index contributed by atoms with van der Waals surface area (Å²) in [5, 5.41) is 4.95. The lowest BCUT2D eigenvalue weighted by Gasteiger charge is -2.44. The van der Waals surface area contributed by atoms with E-state index in [1.165, 1.54) is 6.08 Å². The third-order valence-electron chi connectivity index (χ3n) is 10.9. The first-order chi connectivity index (χ1) is 29.0. The Kier molecular flexibility index (Phi) is 16.9. The maximum absolute atomic E-state index is 13.9. The molecule has 326 valence electrons. The van der Waals surface area contributed by atoms with E-state index in [1.807, 2.05) is 94.4 Å². The minimum absolute atomic E-state index is 0.0494. The molecule has 5 rings (SSSR count). The van der Waals surface area contributed by atoms with Crippen LogP contribution < -0.4 is 15.7 Å². The second-order valence-corrected chi connectivity index (χ2v) is 22.7. The number of alkyl carbamates (subject to hydrolysis) is 1. The van der Waals surface area contributed by atoms with E-state index in [0.29, 0.717) is 38.7 Å². The van der Waals surface area contributed by atoms with E-state index in [4.69, 9.17) is 23.4 Å². The van der Waals surface area contributed by atoms with Gasteiger partial charge in [0, 0.05) is 12.5 Å². The molecule has 1 amide bonds. The third-order valence-corrected chi connectivity index (χ3v) is 15.9. The van der Waals surface area contributed by atoms with Crippen molar-refractivity contribution in [3.63, 3.8) is 0 Å². The molecule has 0 aliphatic carbocycles. The van der Waals surface area contributed by atoms with E-state index in [-0.39, 0.29) is 30.0 Å². The maximum atomic E-state index is 13.9. The monoisotopic (exact) mass is 845 g/mol. The number of hydrogen-bond donors (Lipinski definition) is 1. The van der Waals surface area contributed by atoms with Crippen LogP contribution >= 0.6 is 0 Å². The summed E-state index contributed by atoms with van der Waals surface area (Å²) in [6.07, 6.45) is 11.1. The number of carbonyl (C=O) groups excluding carboxylic acids is 2. The second-order valence-electron chi connectivity index (χ2n) is 18.4. The molecule has 0 saturated carbocycles. The van der Waals surface area contributed by atoms with Crippen LogP contribution in [0.25, 0.3) is 0 Å². The maximum Gasteiger partial charge on any atom is 0.408 e. The van der Waals surface area contributed by atoms with Crippen LogP contribution in [0.2, 0.25) is 5.04 Å². The largest absolute Gasteiger partial charge is 0.457 e. The van der Waals surface area contributed by atoms with Crippen LogP contribution in [0.15, 0.2) is 151 Å². The van der Waals surface area contributed by atoms with E-state index < -0.39 is 38.1 Å². The van der Waals surface area contributed by atoms with Crippen LogP contribution in [0.1, 0.15) is 92.6 Å². The molecule has 1 N–H and O–H groups in total. The van der Waals surface area contributed by atoms with Crippen LogP contribution in [0.4, 0.5) is 4.79 Å². The van der Waals surface area contributed by atoms with Gasteiger partial charge >= 0.3 is 12.1 Å². The minimum Gasteiger partial charge on any atom is -0.457 e. The van der Waals surface area contributed by atoms with Crippen LogP contribution in [0, 0.1) is 0 Å². The number of benzene rings is 3. The molecule has 0 aromatic heterocycles. The van der Waals surface area contributed by atoms with Gasteiger partial charge in [0.15, 0.2) is 0 Å². The Labute approximate surface area is 365 Å². The molecule has 5 atom stereocenters. The van der Waals surface area contributed by atoms with Crippen molar-refractivity contribution < 1.29 is 33.0 Å². The van der Waals surface area contributed by atoms with Gasteiger partial charge in [0.1, 0.15) is 11.7 Å². The molecule has 3 aromatic carbocycles. The summed E-state index contributed by atoms with van der Waals surface area (Å²) >= 11 is 0. The highest BCUT2D eigenvalue weighted by Crippen LogP contribution is 2.37. The standard InChI is InChI=1S/C52H67NO7Si/c1-38-21-19-30-49(54)59-48(35-40(3)34-44-33-39(2)32-43(58-44)25-20-24-42(31-38)56-36-41-22-13-10-14-23-41)47(53-50(55)60-51(4,5)6)37-57-61(52(7,8)9,45-26-15-11-16-27-45)46-28-17-12-18-29-46/h10-20,22-24,26-30,34,42-44,47-48H,1-2,21,25,31-33,35-37H2,3-9H3,(H,53,55)/b24-20+,30-19+,40-34+/t42?,43-,44-,47-,48-/m0/s1.